The highest BCUT2D eigenvalue weighted by Gasteiger charge is 2.04. The fourth-order valence-electron chi connectivity index (χ4n) is 1.05. The van der Waals surface area contributed by atoms with E-state index in [4.69, 9.17) is 22.1 Å². The Balaban J connectivity index is 2.25. The Morgan fingerprint density at radius 3 is 2.87 bits per heavy atom. The van der Waals surface area contributed by atoms with Gasteiger partial charge in [-0.3, -0.25) is 4.98 Å². The molecular formula is C10H8ClN3O. The molecular weight excluding hydrogens is 214 g/mol. The third-order valence-corrected chi connectivity index (χ3v) is 1.90. The monoisotopic (exact) mass is 221 g/mol. The molecule has 0 bridgehead atoms. The van der Waals surface area contributed by atoms with Crippen LogP contribution in [-0.2, 0) is 0 Å². The van der Waals surface area contributed by atoms with Crippen LogP contribution in [0.4, 0.5) is 5.69 Å². The minimum absolute atomic E-state index is 0.326. The van der Waals surface area contributed by atoms with Gasteiger partial charge in [0.1, 0.15) is 5.75 Å². The molecule has 76 valence electrons. The molecule has 0 saturated carbocycles. The summed E-state index contributed by atoms with van der Waals surface area (Å²) in [4.78, 5) is 7.87. The molecule has 0 radical (unpaired) electrons. The summed E-state index contributed by atoms with van der Waals surface area (Å²) >= 11 is 5.71. The van der Waals surface area contributed by atoms with Crippen LogP contribution < -0.4 is 10.5 Å². The van der Waals surface area contributed by atoms with E-state index in [-0.39, 0.29) is 0 Å². The third kappa shape index (κ3) is 2.35. The summed E-state index contributed by atoms with van der Waals surface area (Å²) in [6.07, 6.45) is 4.71. The Bertz CT molecular complexity index is 461. The van der Waals surface area contributed by atoms with Crippen molar-refractivity contribution < 1.29 is 4.74 Å². The zero-order valence-corrected chi connectivity index (χ0v) is 8.48. The normalized spacial score (nSPS) is 9.93. The number of hydrogen-bond donors (Lipinski definition) is 1. The maximum Gasteiger partial charge on any atom is 0.242 e. The Kier molecular flexibility index (Phi) is 2.69. The lowest BCUT2D eigenvalue weighted by Gasteiger charge is -2.06. The number of pyridine rings is 2. The minimum atomic E-state index is 0.326. The molecule has 0 atom stereocenters. The van der Waals surface area contributed by atoms with Crippen LogP contribution in [0.5, 0.6) is 11.6 Å². The first-order chi connectivity index (χ1) is 7.25. The number of nitrogens with two attached hydrogens (primary N) is 1. The van der Waals surface area contributed by atoms with Crippen molar-refractivity contribution >= 4 is 17.3 Å². The predicted molar refractivity (Wildman–Crippen MR) is 58.0 cm³/mol. The Hall–Kier alpha value is -1.81. The molecule has 0 fully saturated rings. The van der Waals surface area contributed by atoms with Gasteiger partial charge in [-0.05, 0) is 18.2 Å². The molecule has 0 unspecified atom stereocenters. The van der Waals surface area contributed by atoms with Gasteiger partial charge in [0.25, 0.3) is 0 Å². The van der Waals surface area contributed by atoms with Gasteiger partial charge in [-0.2, -0.15) is 0 Å². The van der Waals surface area contributed by atoms with Crippen molar-refractivity contribution in [2.45, 2.75) is 0 Å². The summed E-state index contributed by atoms with van der Waals surface area (Å²) in [5.74, 6) is 0.909. The van der Waals surface area contributed by atoms with Gasteiger partial charge in [0.2, 0.25) is 5.88 Å². The zero-order valence-electron chi connectivity index (χ0n) is 7.72. The summed E-state index contributed by atoms with van der Waals surface area (Å²) in [6, 6.07) is 5.12. The second kappa shape index (κ2) is 4.14. The highest BCUT2D eigenvalue weighted by atomic mass is 35.5. The van der Waals surface area contributed by atoms with Gasteiger partial charge in [0.05, 0.1) is 16.9 Å². The van der Waals surface area contributed by atoms with E-state index in [1.54, 1.807) is 30.6 Å². The number of anilines is 1. The maximum atomic E-state index is 5.71. The largest absolute Gasteiger partial charge is 0.435 e. The minimum Gasteiger partial charge on any atom is -0.435 e. The molecule has 2 rings (SSSR count). The Morgan fingerprint density at radius 2 is 2.20 bits per heavy atom. The van der Waals surface area contributed by atoms with E-state index < -0.39 is 0 Å². The van der Waals surface area contributed by atoms with Gasteiger partial charge < -0.3 is 10.5 Å². The lowest BCUT2D eigenvalue weighted by atomic mass is 10.4. The predicted octanol–water partition coefficient (Wildman–Crippen LogP) is 2.50. The van der Waals surface area contributed by atoms with E-state index in [1.165, 1.54) is 6.20 Å². The van der Waals surface area contributed by atoms with Crippen LogP contribution in [0.25, 0.3) is 0 Å². The number of ether oxygens (including phenoxy) is 1. The molecule has 0 spiro atoms. The molecule has 0 aliphatic heterocycles. The van der Waals surface area contributed by atoms with Crippen LogP contribution in [0.1, 0.15) is 0 Å². The molecule has 0 aliphatic carbocycles. The highest BCUT2D eigenvalue weighted by Crippen LogP contribution is 2.26. The van der Waals surface area contributed by atoms with E-state index in [2.05, 4.69) is 9.97 Å². The Labute approximate surface area is 91.7 Å². The lowest BCUT2D eigenvalue weighted by Crippen LogP contribution is -1.94. The summed E-state index contributed by atoms with van der Waals surface area (Å²) < 4.78 is 5.41. The molecule has 2 aromatic rings. The second-order valence-electron chi connectivity index (χ2n) is 2.84. The molecule has 0 amide bonds. The number of halogens is 1. The van der Waals surface area contributed by atoms with E-state index in [0.29, 0.717) is 22.3 Å². The molecule has 2 N–H and O–H groups in total. The molecule has 2 heterocycles. The average Bonchev–Trinajstić information content (AvgIpc) is 2.24. The van der Waals surface area contributed by atoms with Crippen LogP contribution >= 0.6 is 11.6 Å². The Morgan fingerprint density at radius 1 is 1.33 bits per heavy atom. The fraction of sp³-hybridized carbons (Fsp3) is 0. The van der Waals surface area contributed by atoms with Crippen LogP contribution in [0.15, 0.2) is 36.8 Å². The van der Waals surface area contributed by atoms with Gasteiger partial charge in [-0.1, -0.05) is 11.6 Å². The van der Waals surface area contributed by atoms with E-state index in [1.807, 2.05) is 0 Å². The van der Waals surface area contributed by atoms with Crippen molar-refractivity contribution in [3.05, 3.63) is 41.8 Å². The SMILES string of the molecule is Nc1cc(Cl)cnc1Oc1cccnc1. The smallest absolute Gasteiger partial charge is 0.242 e. The standard InChI is InChI=1S/C10H8ClN3O/c11-7-4-9(12)10(14-5-7)15-8-2-1-3-13-6-8/h1-6H,12H2. The summed E-state index contributed by atoms with van der Waals surface area (Å²) in [7, 11) is 0. The lowest BCUT2D eigenvalue weighted by molar-refractivity contribution is 0.463. The van der Waals surface area contributed by atoms with Crippen molar-refractivity contribution in [3.8, 4) is 11.6 Å². The zero-order chi connectivity index (χ0) is 10.7. The number of nitrogen functional groups attached to an aromatic ring is 1. The van der Waals surface area contributed by atoms with Crippen LogP contribution in [-0.4, -0.2) is 9.97 Å². The van der Waals surface area contributed by atoms with Gasteiger partial charge >= 0.3 is 0 Å². The maximum absolute atomic E-state index is 5.71. The third-order valence-electron chi connectivity index (χ3n) is 1.69. The van der Waals surface area contributed by atoms with Crippen LogP contribution in [0.3, 0.4) is 0 Å². The summed E-state index contributed by atoms with van der Waals surface area (Å²) in [5.41, 5.74) is 6.07. The first-order valence-electron chi connectivity index (χ1n) is 4.24. The van der Waals surface area contributed by atoms with Gasteiger partial charge in [-0.25, -0.2) is 4.98 Å². The van der Waals surface area contributed by atoms with E-state index >= 15 is 0 Å². The molecule has 0 aromatic carbocycles. The number of hydrogen-bond acceptors (Lipinski definition) is 4. The number of aromatic nitrogens is 2. The molecule has 0 aliphatic rings. The number of nitrogens with zero attached hydrogens (tertiary/aromatic N) is 2. The van der Waals surface area contributed by atoms with Crippen LogP contribution in [0, 0.1) is 0 Å². The van der Waals surface area contributed by atoms with Crippen molar-refractivity contribution in [1.29, 1.82) is 0 Å². The van der Waals surface area contributed by atoms with Crippen LogP contribution in [0.2, 0.25) is 5.02 Å². The van der Waals surface area contributed by atoms with Crippen molar-refractivity contribution in [3.63, 3.8) is 0 Å². The first-order valence-corrected chi connectivity index (χ1v) is 4.62. The summed E-state index contributed by atoms with van der Waals surface area (Å²) in [6.45, 7) is 0. The second-order valence-corrected chi connectivity index (χ2v) is 3.28. The number of rotatable bonds is 2. The molecule has 0 saturated heterocycles. The van der Waals surface area contributed by atoms with Gasteiger partial charge in [0, 0.05) is 12.4 Å². The molecule has 15 heavy (non-hydrogen) atoms. The quantitative estimate of drug-likeness (QED) is 0.847. The van der Waals surface area contributed by atoms with E-state index in [9.17, 15) is 0 Å². The van der Waals surface area contributed by atoms with Crippen molar-refractivity contribution in [1.82, 2.24) is 9.97 Å². The molecule has 5 heteroatoms. The topological polar surface area (TPSA) is 61.0 Å². The van der Waals surface area contributed by atoms with Gasteiger partial charge in [-0.15, -0.1) is 0 Å². The van der Waals surface area contributed by atoms with Crippen molar-refractivity contribution in [2.75, 3.05) is 5.73 Å². The van der Waals surface area contributed by atoms with E-state index in [0.717, 1.165) is 0 Å². The first kappa shape index (κ1) is 9.73. The fourth-order valence-corrected chi connectivity index (χ4v) is 1.21. The average molecular weight is 222 g/mol. The molecule has 2 aromatic heterocycles. The van der Waals surface area contributed by atoms with Crippen molar-refractivity contribution in [2.24, 2.45) is 0 Å². The highest BCUT2D eigenvalue weighted by molar-refractivity contribution is 6.30. The summed E-state index contributed by atoms with van der Waals surface area (Å²) in [5, 5.41) is 0.478. The molecule has 4 nitrogen and oxygen atoms in total. The van der Waals surface area contributed by atoms with Gasteiger partial charge in [0.15, 0.2) is 0 Å².